The maximum atomic E-state index is 14.3. The second kappa shape index (κ2) is 11.2. The fourth-order valence-electron chi connectivity index (χ4n) is 5.15. The van der Waals surface area contributed by atoms with Gasteiger partial charge in [-0.1, -0.05) is 38.5 Å². The van der Waals surface area contributed by atoms with Gasteiger partial charge in [0.15, 0.2) is 5.54 Å². The standard InChI is InChI=1S/C29H34N2O6/c1-4-6-16-30-23-11-8-7-10-22(23)29(28(30)35)24(26(33)27(34)31(29)17-9-19-36-3)25(32)20-12-14-21(15-13-20)37-18-5-2/h7-8,10-15,32H,4-6,9,16-19H2,1-3H3/b25-24-. The van der Waals surface area contributed by atoms with E-state index in [9.17, 15) is 19.5 Å². The number of amides is 2. The number of aliphatic hydroxyl groups is 1. The Kier molecular flexibility index (Phi) is 7.97. The lowest BCUT2D eigenvalue weighted by Gasteiger charge is -2.34. The Balaban J connectivity index is 1.92. The van der Waals surface area contributed by atoms with Crippen LogP contribution in [0.25, 0.3) is 5.76 Å². The van der Waals surface area contributed by atoms with Crippen molar-refractivity contribution < 1.29 is 29.0 Å². The molecule has 1 N–H and O–H groups in total. The van der Waals surface area contributed by atoms with E-state index in [2.05, 4.69) is 0 Å². The maximum absolute atomic E-state index is 14.3. The van der Waals surface area contributed by atoms with Crippen LogP contribution in [0.15, 0.2) is 54.1 Å². The van der Waals surface area contributed by atoms with Gasteiger partial charge in [0.1, 0.15) is 11.5 Å². The van der Waals surface area contributed by atoms with E-state index in [4.69, 9.17) is 9.47 Å². The van der Waals surface area contributed by atoms with Crippen LogP contribution in [-0.4, -0.2) is 61.0 Å². The lowest BCUT2D eigenvalue weighted by Crippen LogP contribution is -2.52. The molecule has 8 heteroatoms. The molecule has 1 atom stereocenters. The number of benzene rings is 2. The van der Waals surface area contributed by atoms with Gasteiger partial charge in [-0.05, 0) is 49.6 Å². The van der Waals surface area contributed by atoms with E-state index in [-0.39, 0.29) is 17.9 Å². The molecular formula is C29H34N2O6. The Hall–Kier alpha value is -3.65. The van der Waals surface area contributed by atoms with E-state index >= 15 is 0 Å². The van der Waals surface area contributed by atoms with Gasteiger partial charge in [-0.2, -0.15) is 0 Å². The number of ketones is 1. The molecule has 196 valence electrons. The molecule has 2 heterocycles. The van der Waals surface area contributed by atoms with Crippen LogP contribution in [0.4, 0.5) is 5.69 Å². The molecule has 1 fully saturated rings. The molecule has 0 aromatic heterocycles. The molecule has 2 amide bonds. The van der Waals surface area contributed by atoms with Crippen molar-refractivity contribution in [3.8, 4) is 5.75 Å². The third kappa shape index (κ3) is 4.39. The number of carbonyl (C=O) groups excluding carboxylic acids is 3. The number of Topliss-reactive ketones (excluding diaryl/α,β-unsaturated/α-hetero) is 1. The van der Waals surface area contributed by atoms with Crippen LogP contribution in [0, 0.1) is 0 Å². The summed E-state index contributed by atoms with van der Waals surface area (Å²) in [5.41, 5.74) is -0.441. The van der Waals surface area contributed by atoms with E-state index in [0.29, 0.717) is 48.7 Å². The Bertz CT molecular complexity index is 1210. The number of hydrogen-bond acceptors (Lipinski definition) is 6. The molecule has 37 heavy (non-hydrogen) atoms. The van der Waals surface area contributed by atoms with Crippen LogP contribution >= 0.6 is 0 Å². The zero-order valence-electron chi connectivity index (χ0n) is 21.7. The third-order valence-corrected chi connectivity index (χ3v) is 6.88. The van der Waals surface area contributed by atoms with Crippen molar-refractivity contribution in [2.75, 3.05) is 38.3 Å². The number of methoxy groups -OCH3 is 1. The minimum absolute atomic E-state index is 0.126. The van der Waals surface area contributed by atoms with E-state index in [1.165, 1.54) is 4.90 Å². The van der Waals surface area contributed by atoms with Crippen molar-refractivity contribution in [3.63, 3.8) is 0 Å². The molecular weight excluding hydrogens is 472 g/mol. The average molecular weight is 507 g/mol. The molecule has 2 aromatic carbocycles. The second-order valence-corrected chi connectivity index (χ2v) is 9.27. The van der Waals surface area contributed by atoms with Gasteiger partial charge in [0, 0.05) is 37.9 Å². The van der Waals surface area contributed by atoms with Gasteiger partial charge in [-0.3, -0.25) is 14.4 Å². The highest BCUT2D eigenvalue weighted by atomic mass is 16.5. The van der Waals surface area contributed by atoms with Crippen molar-refractivity contribution >= 4 is 29.0 Å². The SMILES string of the molecule is CCCCN1C(=O)C2(/C(=C(\O)c3ccc(OCCC)cc3)C(=O)C(=O)N2CCCOC)c2ccccc21. The number of likely N-dealkylation sites (tertiary alicyclic amines) is 1. The number of para-hydroxylation sites is 1. The smallest absolute Gasteiger partial charge is 0.296 e. The maximum Gasteiger partial charge on any atom is 0.296 e. The average Bonchev–Trinajstić information content (AvgIpc) is 3.29. The first-order chi connectivity index (χ1) is 17.9. The summed E-state index contributed by atoms with van der Waals surface area (Å²) in [5, 5.41) is 11.5. The normalized spacial score (nSPS) is 20.2. The minimum Gasteiger partial charge on any atom is -0.507 e. The second-order valence-electron chi connectivity index (χ2n) is 9.27. The molecule has 1 saturated heterocycles. The molecule has 2 aliphatic heterocycles. The fourth-order valence-corrected chi connectivity index (χ4v) is 5.15. The van der Waals surface area contributed by atoms with Crippen molar-refractivity contribution in [2.45, 2.75) is 45.1 Å². The van der Waals surface area contributed by atoms with Gasteiger partial charge < -0.3 is 24.4 Å². The summed E-state index contributed by atoms with van der Waals surface area (Å²) in [6.07, 6.45) is 2.91. The van der Waals surface area contributed by atoms with Gasteiger partial charge in [0.2, 0.25) is 0 Å². The highest BCUT2D eigenvalue weighted by molar-refractivity contribution is 6.50. The number of anilines is 1. The lowest BCUT2D eigenvalue weighted by atomic mass is 9.82. The van der Waals surface area contributed by atoms with Crippen LogP contribution in [0.5, 0.6) is 5.75 Å². The summed E-state index contributed by atoms with van der Waals surface area (Å²) < 4.78 is 10.8. The molecule has 0 saturated carbocycles. The minimum atomic E-state index is -1.74. The van der Waals surface area contributed by atoms with Gasteiger partial charge in [-0.15, -0.1) is 0 Å². The first-order valence-corrected chi connectivity index (χ1v) is 12.9. The van der Waals surface area contributed by atoms with Crippen LogP contribution < -0.4 is 9.64 Å². The van der Waals surface area contributed by atoms with Crippen molar-refractivity contribution in [2.24, 2.45) is 0 Å². The summed E-state index contributed by atoms with van der Waals surface area (Å²) in [5.74, 6) is -1.83. The fraction of sp³-hybridized carbons (Fsp3) is 0.414. The van der Waals surface area contributed by atoms with Crippen molar-refractivity contribution in [1.29, 1.82) is 0 Å². The molecule has 2 aliphatic rings. The number of fused-ring (bicyclic) bond motifs is 2. The Morgan fingerprint density at radius 2 is 1.65 bits per heavy atom. The van der Waals surface area contributed by atoms with Gasteiger partial charge >= 0.3 is 0 Å². The Labute approximate surface area is 217 Å². The van der Waals surface area contributed by atoms with Crippen molar-refractivity contribution in [3.05, 3.63) is 65.2 Å². The Morgan fingerprint density at radius 3 is 2.32 bits per heavy atom. The monoisotopic (exact) mass is 506 g/mol. The number of ether oxygens (including phenoxy) is 2. The quantitative estimate of drug-likeness (QED) is 0.212. The zero-order valence-corrected chi connectivity index (χ0v) is 21.7. The predicted molar refractivity (Wildman–Crippen MR) is 140 cm³/mol. The number of rotatable bonds is 11. The summed E-state index contributed by atoms with van der Waals surface area (Å²) in [6.45, 7) is 5.52. The number of carbonyl (C=O) groups is 3. The van der Waals surface area contributed by atoms with Gasteiger partial charge in [0.25, 0.3) is 17.6 Å². The first kappa shape index (κ1) is 26.4. The molecule has 0 radical (unpaired) electrons. The number of aliphatic hydroxyl groups excluding tert-OH is 1. The lowest BCUT2D eigenvalue weighted by molar-refractivity contribution is -0.143. The highest BCUT2D eigenvalue weighted by Gasteiger charge is 2.66. The molecule has 0 bridgehead atoms. The Morgan fingerprint density at radius 1 is 0.919 bits per heavy atom. The first-order valence-electron chi connectivity index (χ1n) is 12.9. The highest BCUT2D eigenvalue weighted by Crippen LogP contribution is 2.53. The molecule has 1 spiro atoms. The molecule has 8 nitrogen and oxygen atoms in total. The van der Waals surface area contributed by atoms with Crippen molar-refractivity contribution in [1.82, 2.24) is 4.90 Å². The third-order valence-electron chi connectivity index (χ3n) is 6.88. The molecule has 0 aliphatic carbocycles. The van der Waals surface area contributed by atoms with E-state index in [1.807, 2.05) is 26.0 Å². The van der Waals surface area contributed by atoms with Crippen LogP contribution in [0.1, 0.15) is 50.7 Å². The van der Waals surface area contributed by atoms with Gasteiger partial charge in [0.05, 0.1) is 17.9 Å². The predicted octanol–water partition coefficient (Wildman–Crippen LogP) is 4.23. The summed E-state index contributed by atoms with van der Waals surface area (Å²) in [7, 11) is 1.56. The molecule has 2 aromatic rings. The number of hydrogen-bond donors (Lipinski definition) is 1. The van der Waals surface area contributed by atoms with E-state index < -0.39 is 23.1 Å². The van der Waals surface area contributed by atoms with Crippen LogP contribution in [0.2, 0.25) is 0 Å². The van der Waals surface area contributed by atoms with E-state index in [0.717, 1.165) is 19.3 Å². The van der Waals surface area contributed by atoms with E-state index in [1.54, 1.807) is 48.4 Å². The molecule has 1 unspecified atom stereocenters. The van der Waals surface area contributed by atoms with Crippen LogP contribution in [0.3, 0.4) is 0 Å². The van der Waals surface area contributed by atoms with Crippen LogP contribution in [-0.2, 0) is 24.7 Å². The summed E-state index contributed by atoms with van der Waals surface area (Å²) >= 11 is 0. The number of nitrogens with zero attached hydrogens (tertiary/aromatic N) is 2. The number of unbranched alkanes of at least 4 members (excludes halogenated alkanes) is 1. The zero-order chi connectivity index (χ0) is 26.6. The summed E-state index contributed by atoms with van der Waals surface area (Å²) in [4.78, 5) is 44.3. The molecule has 4 rings (SSSR count). The largest absolute Gasteiger partial charge is 0.507 e. The van der Waals surface area contributed by atoms with Gasteiger partial charge in [-0.25, -0.2) is 0 Å². The summed E-state index contributed by atoms with van der Waals surface area (Å²) in [6, 6.07) is 13.9. The topological polar surface area (TPSA) is 96.4 Å².